The van der Waals surface area contributed by atoms with E-state index in [-0.39, 0.29) is 11.9 Å². The van der Waals surface area contributed by atoms with Crippen LogP contribution in [-0.2, 0) is 9.59 Å². The number of hydrogen-bond donors (Lipinski definition) is 1. The first kappa shape index (κ1) is 20.8. The Balaban J connectivity index is 1.64. The van der Waals surface area contributed by atoms with Crippen molar-refractivity contribution in [2.24, 2.45) is 0 Å². The van der Waals surface area contributed by atoms with Crippen molar-refractivity contribution in [2.75, 3.05) is 16.8 Å². The van der Waals surface area contributed by atoms with Crippen molar-refractivity contribution in [3.8, 4) is 11.5 Å². The predicted molar refractivity (Wildman–Crippen MR) is 120 cm³/mol. The number of nitrogens with one attached hydrogen (secondary N) is 1. The van der Waals surface area contributed by atoms with Gasteiger partial charge >= 0.3 is 0 Å². The van der Waals surface area contributed by atoms with Gasteiger partial charge in [0.15, 0.2) is 0 Å². The number of ether oxygens (including phenoxy) is 2. The maximum atomic E-state index is 13.1. The van der Waals surface area contributed by atoms with E-state index in [1.165, 1.54) is 0 Å². The summed E-state index contributed by atoms with van der Waals surface area (Å²) in [6, 6.07) is 21.3. The molecule has 0 radical (unpaired) electrons. The van der Waals surface area contributed by atoms with Crippen LogP contribution in [0.4, 0.5) is 11.4 Å². The van der Waals surface area contributed by atoms with E-state index < -0.39 is 6.10 Å². The predicted octanol–water partition coefficient (Wildman–Crippen LogP) is 4.84. The quantitative estimate of drug-likeness (QED) is 0.405. The zero-order valence-corrected chi connectivity index (χ0v) is 17.6. The second-order valence-corrected chi connectivity index (χ2v) is 7.39. The Morgan fingerprint density at radius 3 is 2.23 bits per heavy atom. The highest BCUT2D eigenvalue weighted by atomic mass is 35.5. The Bertz CT molecular complexity index is 1050. The molecule has 0 saturated carbocycles. The molecule has 2 amide bonds. The summed E-state index contributed by atoms with van der Waals surface area (Å²) in [5.41, 5.74) is 2.32. The van der Waals surface area contributed by atoms with Crippen LogP contribution in [0.2, 0.25) is 5.02 Å². The van der Waals surface area contributed by atoms with Gasteiger partial charge in [-0.05, 0) is 73.2 Å². The fourth-order valence-electron chi connectivity index (χ4n) is 3.56. The molecule has 0 bridgehead atoms. The minimum Gasteiger partial charge on any atom is -0.494 e. The Labute approximate surface area is 185 Å². The van der Waals surface area contributed by atoms with Gasteiger partial charge in [-0.25, -0.2) is 0 Å². The first-order valence-corrected chi connectivity index (χ1v) is 10.3. The summed E-state index contributed by atoms with van der Waals surface area (Å²) in [6.07, 6.45) is -0.0572. The molecule has 6 nitrogen and oxygen atoms in total. The summed E-state index contributed by atoms with van der Waals surface area (Å²) < 4.78 is 11.5. The molecule has 0 aromatic heterocycles. The lowest BCUT2D eigenvalue weighted by molar-refractivity contribution is -0.135. The summed E-state index contributed by atoms with van der Waals surface area (Å²) in [4.78, 5) is 25.5. The second-order valence-electron chi connectivity index (χ2n) is 6.96. The van der Waals surface area contributed by atoms with Gasteiger partial charge in [0.05, 0.1) is 6.61 Å². The number of rotatable bonds is 8. The molecule has 1 fully saturated rings. The number of carbonyl (C=O) groups excluding carboxylic acids is 2. The van der Waals surface area contributed by atoms with E-state index in [0.717, 1.165) is 17.0 Å². The van der Waals surface area contributed by atoms with Crippen LogP contribution in [0.5, 0.6) is 11.5 Å². The number of nitrogens with zero attached hydrogens (tertiary/aromatic N) is 1. The molecular weight excluding hydrogens is 416 g/mol. The molecule has 3 aromatic carbocycles. The number of halogens is 1. The van der Waals surface area contributed by atoms with Crippen LogP contribution in [0.3, 0.4) is 0 Å². The van der Waals surface area contributed by atoms with Crippen LogP contribution in [0, 0.1) is 0 Å². The first-order chi connectivity index (χ1) is 15.1. The largest absolute Gasteiger partial charge is 0.494 e. The van der Waals surface area contributed by atoms with Gasteiger partial charge in [0, 0.05) is 16.4 Å². The minimum atomic E-state index is -0.683. The second kappa shape index (κ2) is 9.10. The monoisotopic (exact) mass is 436 g/mol. The molecule has 4 rings (SSSR count). The molecule has 31 heavy (non-hydrogen) atoms. The van der Waals surface area contributed by atoms with E-state index >= 15 is 0 Å². The van der Waals surface area contributed by atoms with Crippen molar-refractivity contribution >= 4 is 35.3 Å². The van der Waals surface area contributed by atoms with E-state index in [1.807, 2.05) is 43.3 Å². The Morgan fingerprint density at radius 1 is 0.968 bits per heavy atom. The van der Waals surface area contributed by atoms with Crippen LogP contribution in [0.1, 0.15) is 18.5 Å². The van der Waals surface area contributed by atoms with E-state index in [1.54, 1.807) is 41.3 Å². The molecule has 1 aliphatic rings. The summed E-state index contributed by atoms with van der Waals surface area (Å²) in [6.45, 7) is 2.49. The first-order valence-electron chi connectivity index (χ1n) is 9.89. The average Bonchev–Trinajstić information content (AvgIpc) is 2.79. The third-order valence-electron chi connectivity index (χ3n) is 5.03. The van der Waals surface area contributed by atoms with Gasteiger partial charge in [-0.1, -0.05) is 23.7 Å². The zero-order chi connectivity index (χ0) is 21.8. The molecule has 1 saturated heterocycles. The summed E-state index contributed by atoms with van der Waals surface area (Å²) in [5.74, 6) is 1.17. The minimum absolute atomic E-state index is 0.140. The molecule has 2 unspecified atom stereocenters. The molecule has 0 spiro atoms. The fourth-order valence-corrected chi connectivity index (χ4v) is 3.69. The van der Waals surface area contributed by atoms with E-state index in [9.17, 15) is 9.59 Å². The zero-order valence-electron chi connectivity index (χ0n) is 16.8. The Hall–Kier alpha value is -3.51. The van der Waals surface area contributed by atoms with Gasteiger partial charge in [0.2, 0.25) is 12.5 Å². The van der Waals surface area contributed by atoms with Crippen molar-refractivity contribution < 1.29 is 19.1 Å². The Kier molecular flexibility index (Phi) is 6.09. The van der Waals surface area contributed by atoms with Crippen LogP contribution in [0.15, 0.2) is 72.8 Å². The van der Waals surface area contributed by atoms with Crippen molar-refractivity contribution in [3.05, 3.63) is 83.4 Å². The summed E-state index contributed by atoms with van der Waals surface area (Å²) in [7, 11) is 0. The SMILES string of the molecule is CCOc1ccc(N2C(=O)C(Oc3ccc(Cl)cc3)C2c2ccc(NC=O)cc2)cc1. The highest BCUT2D eigenvalue weighted by Crippen LogP contribution is 2.42. The van der Waals surface area contributed by atoms with Gasteiger partial charge in [0.25, 0.3) is 5.91 Å². The maximum absolute atomic E-state index is 13.1. The highest BCUT2D eigenvalue weighted by molar-refractivity contribution is 6.30. The third-order valence-corrected chi connectivity index (χ3v) is 5.28. The molecule has 158 valence electrons. The number of benzene rings is 3. The van der Waals surface area contributed by atoms with E-state index in [2.05, 4.69) is 5.32 Å². The molecule has 1 N–H and O–H groups in total. The topological polar surface area (TPSA) is 67.9 Å². The van der Waals surface area contributed by atoms with Crippen molar-refractivity contribution in [1.29, 1.82) is 0 Å². The average molecular weight is 437 g/mol. The van der Waals surface area contributed by atoms with Crippen LogP contribution >= 0.6 is 11.6 Å². The molecule has 1 aliphatic heterocycles. The molecule has 1 heterocycles. The van der Waals surface area contributed by atoms with Gasteiger partial charge in [0.1, 0.15) is 17.5 Å². The highest BCUT2D eigenvalue weighted by Gasteiger charge is 2.51. The molecule has 3 aromatic rings. The number of amides is 2. The lowest BCUT2D eigenvalue weighted by Gasteiger charge is -2.46. The standard InChI is InChI=1S/C24H21ClN2O4/c1-2-30-20-13-9-19(10-14-20)27-22(16-3-7-18(8-4-16)26-15-28)23(24(27)29)31-21-11-5-17(25)6-12-21/h3-15,22-23H,2H2,1H3,(H,26,28). The molecule has 7 heteroatoms. The molecule has 2 atom stereocenters. The van der Waals surface area contributed by atoms with Crippen molar-refractivity contribution in [3.63, 3.8) is 0 Å². The lowest BCUT2D eigenvalue weighted by Crippen LogP contribution is -2.61. The maximum Gasteiger partial charge on any atom is 0.271 e. The molecule has 0 aliphatic carbocycles. The number of carbonyl (C=O) groups is 2. The molecular formula is C24H21ClN2O4. The smallest absolute Gasteiger partial charge is 0.271 e. The van der Waals surface area contributed by atoms with E-state index in [0.29, 0.717) is 29.5 Å². The van der Waals surface area contributed by atoms with Crippen LogP contribution < -0.4 is 19.7 Å². The number of β-lactam (4-membered cyclic amide) rings is 1. The number of hydrogen-bond acceptors (Lipinski definition) is 4. The van der Waals surface area contributed by atoms with Gasteiger partial charge in [-0.2, -0.15) is 0 Å². The van der Waals surface area contributed by atoms with Gasteiger partial charge in [-0.15, -0.1) is 0 Å². The van der Waals surface area contributed by atoms with Crippen LogP contribution in [-0.4, -0.2) is 25.0 Å². The summed E-state index contributed by atoms with van der Waals surface area (Å²) in [5, 5.41) is 3.21. The lowest BCUT2D eigenvalue weighted by atomic mass is 9.89. The van der Waals surface area contributed by atoms with Crippen molar-refractivity contribution in [1.82, 2.24) is 0 Å². The van der Waals surface area contributed by atoms with E-state index in [4.69, 9.17) is 21.1 Å². The van der Waals surface area contributed by atoms with Crippen molar-refractivity contribution in [2.45, 2.75) is 19.1 Å². The number of anilines is 2. The van der Waals surface area contributed by atoms with Crippen LogP contribution in [0.25, 0.3) is 0 Å². The third kappa shape index (κ3) is 4.34. The van der Waals surface area contributed by atoms with Gasteiger partial charge < -0.3 is 14.8 Å². The normalized spacial score (nSPS) is 17.6. The Morgan fingerprint density at radius 2 is 1.61 bits per heavy atom. The van der Waals surface area contributed by atoms with Gasteiger partial charge in [-0.3, -0.25) is 14.5 Å². The fraction of sp³-hybridized carbons (Fsp3) is 0.167. The summed E-state index contributed by atoms with van der Waals surface area (Å²) >= 11 is 5.96.